The normalized spacial score (nSPS) is 41.1. The number of hydrogen-bond acceptors (Lipinski definition) is 4. The van der Waals surface area contributed by atoms with E-state index in [4.69, 9.17) is 9.16 Å². The maximum atomic E-state index is 13.0. The van der Waals surface area contributed by atoms with Crippen LogP contribution < -0.4 is 0 Å². The highest BCUT2D eigenvalue weighted by atomic mass is 28.4. The van der Waals surface area contributed by atoms with Gasteiger partial charge in [-0.2, -0.15) is 0 Å². The molecule has 3 saturated carbocycles. The molecule has 0 aromatic heterocycles. The predicted molar refractivity (Wildman–Crippen MR) is 104 cm³/mol. The minimum Gasteiger partial charge on any atom is -0.469 e. The van der Waals surface area contributed by atoms with Crippen LogP contribution in [0.1, 0.15) is 40.5 Å². The summed E-state index contributed by atoms with van der Waals surface area (Å²) in [5.74, 6) is 0.101. The van der Waals surface area contributed by atoms with E-state index >= 15 is 0 Å². The zero-order chi connectivity index (χ0) is 19.7. The average molecular weight is 379 g/mol. The third-order valence-corrected chi connectivity index (χ3v) is 12.8. The fourth-order valence-corrected chi connectivity index (χ4v) is 7.04. The van der Waals surface area contributed by atoms with E-state index in [1.807, 2.05) is 13.0 Å². The highest BCUT2D eigenvalue weighted by Gasteiger charge is 2.91. The molecule has 6 atom stereocenters. The van der Waals surface area contributed by atoms with Gasteiger partial charge in [-0.3, -0.25) is 9.59 Å². The lowest BCUT2D eigenvalue weighted by Crippen LogP contribution is -2.44. The summed E-state index contributed by atoms with van der Waals surface area (Å²) in [5, 5.41) is 0.0926. The van der Waals surface area contributed by atoms with Gasteiger partial charge in [0.15, 0.2) is 8.32 Å². The molecule has 3 aliphatic rings. The summed E-state index contributed by atoms with van der Waals surface area (Å²) in [6.45, 7) is 17.6. The van der Waals surface area contributed by atoms with Crippen molar-refractivity contribution in [3.63, 3.8) is 0 Å². The van der Waals surface area contributed by atoms with E-state index in [-0.39, 0.29) is 40.1 Å². The molecule has 0 spiro atoms. The van der Waals surface area contributed by atoms with Gasteiger partial charge in [-0.1, -0.05) is 33.8 Å². The van der Waals surface area contributed by atoms with Crippen LogP contribution in [0.2, 0.25) is 18.1 Å². The maximum Gasteiger partial charge on any atom is 0.309 e. The molecule has 0 saturated heterocycles. The Hall–Kier alpha value is -0.943. The first-order valence-corrected chi connectivity index (χ1v) is 12.7. The summed E-state index contributed by atoms with van der Waals surface area (Å²) in [5.41, 5.74) is -0.537. The highest BCUT2D eigenvalue weighted by Crippen LogP contribution is 2.88. The van der Waals surface area contributed by atoms with Crippen molar-refractivity contribution in [2.45, 2.75) is 58.7 Å². The molecule has 0 radical (unpaired) electrons. The number of carbonyl (C=O) groups is 2. The Kier molecular flexibility index (Phi) is 4.40. The number of esters is 1. The lowest BCUT2D eigenvalue weighted by molar-refractivity contribution is -0.148. The molecule has 26 heavy (non-hydrogen) atoms. The average Bonchev–Trinajstić information content (AvgIpc) is 2.96. The van der Waals surface area contributed by atoms with Crippen molar-refractivity contribution in [2.75, 3.05) is 13.7 Å². The van der Waals surface area contributed by atoms with E-state index in [1.54, 1.807) is 0 Å². The predicted octanol–water partition coefficient (Wildman–Crippen LogP) is 4.21. The number of Topliss-reactive ketones (excluding diaryl/α,β-unsaturated/α-hetero) is 1. The Bertz CT molecular complexity index is 649. The Labute approximate surface area is 158 Å². The molecule has 3 rings (SSSR count). The van der Waals surface area contributed by atoms with Gasteiger partial charge in [0.1, 0.15) is 5.78 Å². The third kappa shape index (κ3) is 2.16. The fraction of sp³-hybridized carbons (Fsp3) is 0.810. The molecule has 146 valence electrons. The highest BCUT2D eigenvalue weighted by molar-refractivity contribution is 6.74. The summed E-state index contributed by atoms with van der Waals surface area (Å²) in [7, 11) is -0.527. The lowest BCUT2D eigenvalue weighted by atomic mass is 9.80. The summed E-state index contributed by atoms with van der Waals surface area (Å²) in [4.78, 5) is 25.7. The van der Waals surface area contributed by atoms with Crippen molar-refractivity contribution in [2.24, 2.45) is 34.5 Å². The minimum atomic E-state index is -1.98. The van der Waals surface area contributed by atoms with Crippen molar-refractivity contribution < 1.29 is 18.8 Å². The molecule has 0 unspecified atom stereocenters. The standard InChI is InChI=1S/C21H34O4Si/c1-9-10-20-14-11-15(18(23)24-6)21(20,17(20)16(22)13(14)2)12-25-26(7,8)19(3,4)5/h9,13-15,17H,1,10-12H2,2-8H3/t13-,14-,15-,17+,20-,21+/m1/s1. The smallest absolute Gasteiger partial charge is 0.309 e. The van der Waals surface area contributed by atoms with Crippen LogP contribution in [0.25, 0.3) is 0 Å². The molecular weight excluding hydrogens is 344 g/mol. The Morgan fingerprint density at radius 1 is 1.35 bits per heavy atom. The van der Waals surface area contributed by atoms with Crippen molar-refractivity contribution in [1.82, 2.24) is 0 Å². The molecule has 0 amide bonds. The Morgan fingerprint density at radius 2 is 1.96 bits per heavy atom. The largest absolute Gasteiger partial charge is 0.469 e. The van der Waals surface area contributed by atoms with Crippen LogP contribution in [0.4, 0.5) is 0 Å². The summed E-state index contributed by atoms with van der Waals surface area (Å²) in [6, 6.07) is 0. The van der Waals surface area contributed by atoms with Gasteiger partial charge in [0.05, 0.1) is 13.0 Å². The second-order valence-corrected chi connectivity index (χ2v) is 15.0. The van der Waals surface area contributed by atoms with Gasteiger partial charge in [0.25, 0.3) is 0 Å². The molecule has 0 aliphatic heterocycles. The SMILES string of the molecule is C=CC[C@]12[C@@H]3C(=O)[C@H](C)[C@H]1C[C@H](C(=O)OC)[C@@]32CO[Si](C)(C)C(C)(C)C. The van der Waals surface area contributed by atoms with Gasteiger partial charge in [-0.25, -0.2) is 0 Å². The summed E-state index contributed by atoms with van der Waals surface area (Å²) < 4.78 is 11.8. The van der Waals surface area contributed by atoms with Gasteiger partial charge in [-0.15, -0.1) is 6.58 Å². The fourth-order valence-electron chi connectivity index (χ4n) is 6.01. The van der Waals surface area contributed by atoms with Crippen LogP contribution in [-0.4, -0.2) is 33.8 Å². The molecule has 0 bridgehead atoms. The molecule has 0 aromatic rings. The van der Waals surface area contributed by atoms with Gasteiger partial charge < -0.3 is 9.16 Å². The van der Waals surface area contributed by atoms with E-state index in [1.165, 1.54) is 7.11 Å². The second-order valence-electron chi connectivity index (χ2n) is 10.2. The monoisotopic (exact) mass is 378 g/mol. The number of carbonyl (C=O) groups excluding carboxylic acids is 2. The Morgan fingerprint density at radius 3 is 2.46 bits per heavy atom. The summed E-state index contributed by atoms with van der Waals surface area (Å²) in [6.07, 6.45) is 3.45. The first-order chi connectivity index (χ1) is 11.9. The maximum absolute atomic E-state index is 13.0. The Balaban J connectivity index is 1.99. The lowest BCUT2D eigenvalue weighted by Gasteiger charge is -2.38. The van der Waals surface area contributed by atoms with Crippen LogP contribution in [0.5, 0.6) is 0 Å². The van der Waals surface area contributed by atoms with E-state index in [0.29, 0.717) is 12.4 Å². The van der Waals surface area contributed by atoms with Crippen molar-refractivity contribution in [3.8, 4) is 0 Å². The van der Waals surface area contributed by atoms with E-state index in [0.717, 1.165) is 12.8 Å². The van der Waals surface area contributed by atoms with Gasteiger partial charge in [-0.05, 0) is 42.3 Å². The van der Waals surface area contributed by atoms with Crippen LogP contribution in [-0.2, 0) is 18.8 Å². The number of allylic oxidation sites excluding steroid dienone is 1. The van der Waals surface area contributed by atoms with Crippen LogP contribution in [0.15, 0.2) is 12.7 Å². The first-order valence-electron chi connectivity index (χ1n) is 9.78. The third-order valence-electron chi connectivity index (χ3n) is 8.37. The van der Waals surface area contributed by atoms with Crippen molar-refractivity contribution >= 4 is 20.1 Å². The number of fused-ring (bicyclic) bond motifs is 1. The zero-order valence-electron chi connectivity index (χ0n) is 17.3. The minimum absolute atomic E-state index is 0.0237. The number of rotatable bonds is 6. The van der Waals surface area contributed by atoms with Gasteiger partial charge in [0, 0.05) is 23.9 Å². The zero-order valence-corrected chi connectivity index (χ0v) is 18.3. The second kappa shape index (κ2) is 5.78. The van der Waals surface area contributed by atoms with Gasteiger partial charge in [0.2, 0.25) is 0 Å². The topological polar surface area (TPSA) is 52.6 Å². The molecule has 0 N–H and O–H groups in total. The van der Waals surface area contributed by atoms with Crippen molar-refractivity contribution in [1.29, 1.82) is 0 Å². The molecule has 3 aliphatic carbocycles. The van der Waals surface area contributed by atoms with Crippen LogP contribution in [0, 0.1) is 34.5 Å². The van der Waals surface area contributed by atoms with Crippen molar-refractivity contribution in [3.05, 3.63) is 12.7 Å². The molecule has 3 fully saturated rings. The number of ketones is 1. The van der Waals surface area contributed by atoms with Crippen LogP contribution >= 0.6 is 0 Å². The van der Waals surface area contributed by atoms with E-state index < -0.39 is 13.7 Å². The molecule has 4 nitrogen and oxygen atoms in total. The number of hydrogen-bond donors (Lipinski definition) is 0. The van der Waals surface area contributed by atoms with E-state index in [9.17, 15) is 9.59 Å². The number of ether oxygens (including phenoxy) is 1. The molecular formula is C21H34O4Si. The van der Waals surface area contributed by atoms with Crippen LogP contribution in [0.3, 0.4) is 0 Å². The van der Waals surface area contributed by atoms with E-state index in [2.05, 4.69) is 40.4 Å². The quantitative estimate of drug-likeness (QED) is 0.395. The summed E-state index contributed by atoms with van der Waals surface area (Å²) >= 11 is 0. The molecule has 0 aromatic carbocycles. The first kappa shape index (κ1) is 19.8. The molecule has 5 heteroatoms. The number of methoxy groups -OCH3 is 1. The van der Waals surface area contributed by atoms with Gasteiger partial charge >= 0.3 is 5.97 Å². The molecule has 0 heterocycles.